The van der Waals surface area contributed by atoms with Crippen molar-refractivity contribution in [1.82, 2.24) is 9.88 Å². The normalized spacial score (nSPS) is 16.8. The van der Waals surface area contributed by atoms with Gasteiger partial charge >= 0.3 is 0 Å². The number of amides is 2. The van der Waals surface area contributed by atoms with Crippen LogP contribution in [0.5, 0.6) is 0 Å². The maximum atomic E-state index is 11.9. The molecule has 2 amide bonds. The van der Waals surface area contributed by atoms with Gasteiger partial charge in [-0.05, 0) is 24.5 Å². The summed E-state index contributed by atoms with van der Waals surface area (Å²) in [5.41, 5.74) is 7.19. The summed E-state index contributed by atoms with van der Waals surface area (Å²) in [6.07, 6.45) is 4.14. The topological polar surface area (TPSA) is 76.3 Å². The Labute approximate surface area is 106 Å². The number of rotatable bonds is 3. The molecule has 1 fully saturated rings. The maximum Gasteiger partial charge on any atom is 0.229 e. The van der Waals surface area contributed by atoms with Gasteiger partial charge < -0.3 is 5.73 Å². The zero-order chi connectivity index (χ0) is 13.0. The van der Waals surface area contributed by atoms with E-state index in [0.717, 1.165) is 24.1 Å². The molecule has 0 aliphatic carbocycles. The van der Waals surface area contributed by atoms with Gasteiger partial charge in [-0.15, -0.1) is 0 Å². The minimum Gasteiger partial charge on any atom is -0.325 e. The Morgan fingerprint density at radius 2 is 1.89 bits per heavy atom. The van der Waals surface area contributed by atoms with E-state index in [1.54, 1.807) is 12.3 Å². The van der Waals surface area contributed by atoms with E-state index in [4.69, 9.17) is 5.73 Å². The molecule has 0 spiro atoms. The molecular formula is C13H17N3O2. The molecule has 18 heavy (non-hydrogen) atoms. The number of carbonyl (C=O) groups is 2. The Hall–Kier alpha value is -1.75. The van der Waals surface area contributed by atoms with E-state index in [-0.39, 0.29) is 18.4 Å². The molecule has 0 bridgehead atoms. The van der Waals surface area contributed by atoms with Crippen molar-refractivity contribution >= 4 is 11.8 Å². The number of hydrogen-bond acceptors (Lipinski definition) is 4. The molecule has 2 heterocycles. The highest BCUT2D eigenvalue weighted by molar-refractivity contribution is 5.95. The second-order valence-corrected chi connectivity index (χ2v) is 4.39. The molecule has 1 aromatic rings. The third-order valence-electron chi connectivity index (χ3n) is 3.14. The lowest BCUT2D eigenvalue weighted by atomic mass is 10.1. The van der Waals surface area contributed by atoms with Crippen LogP contribution < -0.4 is 5.73 Å². The van der Waals surface area contributed by atoms with Crippen molar-refractivity contribution in [3.8, 4) is 0 Å². The SMILES string of the molecule is NCc1ncccc1CN1C(=O)CCCCC1=O. The molecule has 5 heteroatoms. The van der Waals surface area contributed by atoms with Crippen LogP contribution in [0, 0.1) is 0 Å². The fourth-order valence-corrected chi connectivity index (χ4v) is 2.11. The summed E-state index contributed by atoms with van der Waals surface area (Å²) >= 11 is 0. The second kappa shape index (κ2) is 5.73. The van der Waals surface area contributed by atoms with Crippen molar-refractivity contribution < 1.29 is 9.59 Å². The average Bonchev–Trinajstić information content (AvgIpc) is 2.54. The molecule has 0 radical (unpaired) electrons. The standard InChI is InChI=1S/C13H17N3O2/c14-8-11-10(4-3-7-15-11)9-16-12(17)5-1-2-6-13(16)18/h3-4,7H,1-2,5-6,8-9,14H2. The molecular weight excluding hydrogens is 230 g/mol. The number of imide groups is 1. The number of carbonyl (C=O) groups excluding carboxylic acids is 2. The number of hydrogen-bond donors (Lipinski definition) is 1. The molecule has 0 atom stereocenters. The van der Waals surface area contributed by atoms with Gasteiger partial charge in [0.2, 0.25) is 11.8 Å². The number of nitrogens with zero attached hydrogens (tertiary/aromatic N) is 2. The van der Waals surface area contributed by atoms with E-state index in [2.05, 4.69) is 4.98 Å². The van der Waals surface area contributed by atoms with Gasteiger partial charge in [0.05, 0.1) is 12.2 Å². The second-order valence-electron chi connectivity index (χ2n) is 4.39. The van der Waals surface area contributed by atoms with Crippen molar-refractivity contribution in [1.29, 1.82) is 0 Å². The Morgan fingerprint density at radius 3 is 2.50 bits per heavy atom. The maximum absolute atomic E-state index is 11.9. The minimum absolute atomic E-state index is 0.0932. The molecule has 1 aliphatic heterocycles. The highest BCUT2D eigenvalue weighted by atomic mass is 16.2. The molecule has 2 N–H and O–H groups in total. The first-order chi connectivity index (χ1) is 8.72. The van der Waals surface area contributed by atoms with Crippen LogP contribution >= 0.6 is 0 Å². The lowest BCUT2D eigenvalue weighted by molar-refractivity contribution is -0.144. The molecule has 0 saturated carbocycles. The van der Waals surface area contributed by atoms with Gasteiger partial charge in [-0.1, -0.05) is 6.07 Å². The largest absolute Gasteiger partial charge is 0.325 e. The number of nitrogens with two attached hydrogens (primary N) is 1. The Morgan fingerprint density at radius 1 is 1.22 bits per heavy atom. The molecule has 5 nitrogen and oxygen atoms in total. The summed E-state index contributed by atoms with van der Waals surface area (Å²) in [5.74, 6) is -0.186. The van der Waals surface area contributed by atoms with Gasteiger partial charge in [-0.25, -0.2) is 0 Å². The van der Waals surface area contributed by atoms with E-state index in [0.29, 0.717) is 19.4 Å². The highest BCUT2D eigenvalue weighted by Gasteiger charge is 2.24. The molecule has 96 valence electrons. The molecule has 2 rings (SSSR count). The number of pyridine rings is 1. The van der Waals surface area contributed by atoms with Gasteiger partial charge in [-0.2, -0.15) is 0 Å². The first-order valence-electron chi connectivity index (χ1n) is 6.18. The first-order valence-corrected chi connectivity index (χ1v) is 6.18. The number of aromatic nitrogens is 1. The average molecular weight is 247 g/mol. The lowest BCUT2D eigenvalue weighted by Gasteiger charge is -2.19. The first kappa shape index (κ1) is 12.7. The number of likely N-dealkylation sites (tertiary alicyclic amines) is 1. The molecule has 0 unspecified atom stereocenters. The summed E-state index contributed by atoms with van der Waals surface area (Å²) in [6, 6.07) is 3.65. The Kier molecular flexibility index (Phi) is 4.04. The summed E-state index contributed by atoms with van der Waals surface area (Å²) in [7, 11) is 0. The van der Waals surface area contributed by atoms with Gasteiger partial charge in [-0.3, -0.25) is 19.5 Å². The van der Waals surface area contributed by atoms with Crippen molar-refractivity contribution in [3.05, 3.63) is 29.6 Å². The summed E-state index contributed by atoms with van der Waals surface area (Å²) < 4.78 is 0. The van der Waals surface area contributed by atoms with Crippen molar-refractivity contribution in [2.45, 2.75) is 38.8 Å². The Bertz CT molecular complexity index is 441. The van der Waals surface area contributed by atoms with E-state index >= 15 is 0 Å². The van der Waals surface area contributed by atoms with E-state index in [1.165, 1.54) is 4.90 Å². The highest BCUT2D eigenvalue weighted by Crippen LogP contribution is 2.16. The van der Waals surface area contributed by atoms with Crippen molar-refractivity contribution in [3.63, 3.8) is 0 Å². The van der Waals surface area contributed by atoms with Gasteiger partial charge in [0.25, 0.3) is 0 Å². The summed E-state index contributed by atoms with van der Waals surface area (Å²) in [4.78, 5) is 29.3. The van der Waals surface area contributed by atoms with E-state index < -0.39 is 0 Å². The van der Waals surface area contributed by atoms with Crippen LogP contribution in [-0.2, 0) is 22.7 Å². The molecule has 1 saturated heterocycles. The van der Waals surface area contributed by atoms with Gasteiger partial charge in [0.1, 0.15) is 0 Å². The van der Waals surface area contributed by atoms with Crippen LogP contribution in [0.25, 0.3) is 0 Å². The summed E-state index contributed by atoms with van der Waals surface area (Å²) in [6.45, 7) is 0.602. The van der Waals surface area contributed by atoms with E-state index in [9.17, 15) is 9.59 Å². The van der Waals surface area contributed by atoms with Crippen LogP contribution in [0.3, 0.4) is 0 Å². The van der Waals surface area contributed by atoms with Crippen LogP contribution in [0.15, 0.2) is 18.3 Å². The molecule has 1 aliphatic rings. The zero-order valence-corrected chi connectivity index (χ0v) is 10.3. The minimum atomic E-state index is -0.0932. The third-order valence-corrected chi connectivity index (χ3v) is 3.14. The smallest absolute Gasteiger partial charge is 0.229 e. The van der Waals surface area contributed by atoms with Gasteiger partial charge in [0.15, 0.2) is 0 Å². The van der Waals surface area contributed by atoms with Crippen molar-refractivity contribution in [2.75, 3.05) is 0 Å². The molecule has 1 aromatic heterocycles. The Balaban J connectivity index is 2.20. The summed E-state index contributed by atoms with van der Waals surface area (Å²) in [5, 5.41) is 0. The fourth-order valence-electron chi connectivity index (χ4n) is 2.11. The monoisotopic (exact) mass is 247 g/mol. The predicted octanol–water partition coefficient (Wildman–Crippen LogP) is 0.969. The molecule has 0 aromatic carbocycles. The van der Waals surface area contributed by atoms with Crippen molar-refractivity contribution in [2.24, 2.45) is 5.73 Å². The van der Waals surface area contributed by atoms with Crippen LogP contribution in [-0.4, -0.2) is 21.7 Å². The quantitative estimate of drug-likeness (QED) is 0.807. The van der Waals surface area contributed by atoms with Gasteiger partial charge in [0, 0.05) is 25.6 Å². The van der Waals surface area contributed by atoms with Crippen LogP contribution in [0.2, 0.25) is 0 Å². The van der Waals surface area contributed by atoms with E-state index in [1.807, 2.05) is 6.07 Å². The zero-order valence-electron chi connectivity index (χ0n) is 10.3. The lowest BCUT2D eigenvalue weighted by Crippen LogP contribution is -2.35. The van der Waals surface area contributed by atoms with Crippen LogP contribution in [0.4, 0.5) is 0 Å². The third kappa shape index (κ3) is 2.73. The van der Waals surface area contributed by atoms with Crippen LogP contribution in [0.1, 0.15) is 36.9 Å². The predicted molar refractivity (Wildman–Crippen MR) is 66.2 cm³/mol. The fraction of sp³-hybridized carbons (Fsp3) is 0.462.